The molecule has 0 fully saturated rings. The lowest BCUT2D eigenvalue weighted by atomic mass is 10.2. The Kier molecular flexibility index (Phi) is 4.24. The summed E-state index contributed by atoms with van der Waals surface area (Å²) in [7, 11) is -4.16. The molecule has 0 unspecified atom stereocenters. The Morgan fingerprint density at radius 2 is 1.86 bits per heavy atom. The quantitative estimate of drug-likeness (QED) is 0.911. The Bertz CT molecular complexity index is 777. The molecule has 0 aliphatic heterocycles. The molecule has 0 radical (unpaired) electrons. The van der Waals surface area contributed by atoms with Gasteiger partial charge in [0.25, 0.3) is 10.0 Å². The number of halogens is 2. The number of rotatable bonds is 4. The predicted molar refractivity (Wildman–Crippen MR) is 76.2 cm³/mol. The van der Waals surface area contributed by atoms with Crippen LogP contribution in [-0.4, -0.2) is 8.42 Å². The van der Waals surface area contributed by atoms with Crippen molar-refractivity contribution in [1.29, 1.82) is 0 Å². The normalized spacial score (nSPS) is 11.4. The summed E-state index contributed by atoms with van der Waals surface area (Å²) in [6.45, 7) is 1.70. The molecule has 0 aliphatic rings. The summed E-state index contributed by atoms with van der Waals surface area (Å²) >= 11 is 0. The molecule has 0 atom stereocenters. The third-order valence-corrected chi connectivity index (χ3v) is 4.35. The molecule has 112 valence electrons. The second-order valence-electron chi connectivity index (χ2n) is 4.53. The van der Waals surface area contributed by atoms with E-state index in [2.05, 4.69) is 4.72 Å². The largest absolute Gasteiger partial charge is 0.326 e. The molecule has 0 amide bonds. The van der Waals surface area contributed by atoms with Crippen molar-refractivity contribution in [2.24, 2.45) is 5.73 Å². The first-order valence-corrected chi connectivity index (χ1v) is 7.59. The van der Waals surface area contributed by atoms with Crippen LogP contribution in [0.25, 0.3) is 0 Å². The number of sulfonamides is 1. The van der Waals surface area contributed by atoms with Gasteiger partial charge in [0, 0.05) is 6.54 Å². The third kappa shape index (κ3) is 3.37. The van der Waals surface area contributed by atoms with E-state index in [4.69, 9.17) is 5.73 Å². The molecule has 0 saturated heterocycles. The number of hydrogen-bond donors (Lipinski definition) is 2. The van der Waals surface area contributed by atoms with Gasteiger partial charge in [-0.25, -0.2) is 17.2 Å². The molecule has 0 saturated carbocycles. The summed E-state index contributed by atoms with van der Waals surface area (Å²) in [5, 5.41) is 0. The van der Waals surface area contributed by atoms with Crippen LogP contribution in [0.2, 0.25) is 0 Å². The van der Waals surface area contributed by atoms with Gasteiger partial charge in [0.1, 0.15) is 16.5 Å². The molecule has 0 spiro atoms. The Morgan fingerprint density at radius 1 is 1.14 bits per heavy atom. The molecular weight excluding hydrogens is 298 g/mol. The van der Waals surface area contributed by atoms with Gasteiger partial charge in [-0.1, -0.05) is 12.1 Å². The van der Waals surface area contributed by atoms with Crippen LogP contribution in [0.1, 0.15) is 11.1 Å². The lowest BCUT2D eigenvalue weighted by molar-refractivity contribution is 0.569. The van der Waals surface area contributed by atoms with E-state index in [1.165, 1.54) is 18.2 Å². The summed E-state index contributed by atoms with van der Waals surface area (Å²) in [6, 6.07) is 7.28. The molecule has 0 heterocycles. The molecule has 2 rings (SSSR count). The van der Waals surface area contributed by atoms with E-state index >= 15 is 0 Å². The van der Waals surface area contributed by atoms with E-state index in [1.54, 1.807) is 6.92 Å². The zero-order chi connectivity index (χ0) is 15.6. The van der Waals surface area contributed by atoms with Crippen LogP contribution in [0, 0.1) is 18.6 Å². The van der Waals surface area contributed by atoms with Crippen LogP contribution in [0.4, 0.5) is 14.5 Å². The average Bonchev–Trinajstić information content (AvgIpc) is 2.43. The highest BCUT2D eigenvalue weighted by Crippen LogP contribution is 2.23. The average molecular weight is 312 g/mol. The first-order valence-electron chi connectivity index (χ1n) is 6.11. The number of anilines is 1. The van der Waals surface area contributed by atoms with Crippen molar-refractivity contribution in [1.82, 2.24) is 0 Å². The number of aryl methyl sites for hydroxylation is 1. The highest BCUT2D eigenvalue weighted by molar-refractivity contribution is 7.92. The van der Waals surface area contributed by atoms with Crippen molar-refractivity contribution in [3.05, 3.63) is 59.2 Å². The second-order valence-corrected chi connectivity index (χ2v) is 6.18. The first kappa shape index (κ1) is 15.4. The van der Waals surface area contributed by atoms with Crippen LogP contribution >= 0.6 is 0 Å². The maximum atomic E-state index is 13.8. The van der Waals surface area contributed by atoms with Gasteiger partial charge in [-0.2, -0.15) is 0 Å². The number of benzene rings is 2. The van der Waals surface area contributed by atoms with E-state index in [0.29, 0.717) is 11.1 Å². The Balaban J connectivity index is 2.45. The fourth-order valence-electron chi connectivity index (χ4n) is 1.78. The highest BCUT2D eigenvalue weighted by atomic mass is 32.2. The fraction of sp³-hybridized carbons (Fsp3) is 0.143. The molecule has 3 N–H and O–H groups in total. The lowest BCUT2D eigenvalue weighted by Gasteiger charge is -2.12. The zero-order valence-electron chi connectivity index (χ0n) is 11.2. The summed E-state index contributed by atoms with van der Waals surface area (Å²) in [5.41, 5.74) is 6.49. The molecule has 7 heteroatoms. The number of nitrogens with one attached hydrogen (secondary N) is 1. The molecule has 0 aliphatic carbocycles. The summed E-state index contributed by atoms with van der Waals surface area (Å²) in [4.78, 5) is -0.519. The predicted octanol–water partition coefficient (Wildman–Crippen LogP) is 2.53. The first-order chi connectivity index (χ1) is 9.83. The van der Waals surface area contributed by atoms with E-state index in [9.17, 15) is 17.2 Å². The van der Waals surface area contributed by atoms with Gasteiger partial charge in [0.2, 0.25) is 0 Å². The van der Waals surface area contributed by atoms with Crippen LogP contribution in [0.3, 0.4) is 0 Å². The molecule has 4 nitrogen and oxygen atoms in total. The van der Waals surface area contributed by atoms with E-state index < -0.39 is 26.6 Å². The summed E-state index contributed by atoms with van der Waals surface area (Å²) in [6.07, 6.45) is 0. The van der Waals surface area contributed by atoms with Crippen molar-refractivity contribution < 1.29 is 17.2 Å². The summed E-state index contributed by atoms with van der Waals surface area (Å²) in [5.74, 6) is -1.48. The highest BCUT2D eigenvalue weighted by Gasteiger charge is 2.20. The number of nitrogens with two attached hydrogens (primary N) is 1. The van der Waals surface area contributed by atoms with Crippen molar-refractivity contribution in [3.8, 4) is 0 Å². The molecule has 0 aromatic heterocycles. The third-order valence-electron chi connectivity index (χ3n) is 2.96. The van der Waals surface area contributed by atoms with Crippen LogP contribution in [-0.2, 0) is 16.6 Å². The zero-order valence-corrected chi connectivity index (χ0v) is 12.0. The number of hydrogen-bond acceptors (Lipinski definition) is 3. The topological polar surface area (TPSA) is 72.2 Å². The SMILES string of the molecule is Cc1ccc(F)cc1NS(=O)(=O)c1cc(CN)ccc1F. The van der Waals surface area contributed by atoms with E-state index in [1.807, 2.05) is 0 Å². The van der Waals surface area contributed by atoms with Gasteiger partial charge in [0.15, 0.2) is 0 Å². The van der Waals surface area contributed by atoms with Crippen molar-refractivity contribution >= 4 is 15.7 Å². The molecule has 21 heavy (non-hydrogen) atoms. The second kappa shape index (κ2) is 5.79. The standard InChI is InChI=1S/C14H14F2N2O2S/c1-9-2-4-11(15)7-13(9)18-21(19,20)14-6-10(8-17)3-5-12(14)16/h2-7,18H,8,17H2,1H3. The molecular formula is C14H14F2N2O2S. The molecule has 2 aromatic carbocycles. The maximum Gasteiger partial charge on any atom is 0.264 e. The van der Waals surface area contributed by atoms with E-state index in [0.717, 1.165) is 18.2 Å². The summed E-state index contributed by atoms with van der Waals surface area (Å²) < 4.78 is 53.6. The smallest absolute Gasteiger partial charge is 0.264 e. The van der Waals surface area contributed by atoms with Crippen molar-refractivity contribution in [3.63, 3.8) is 0 Å². The lowest BCUT2D eigenvalue weighted by Crippen LogP contribution is -2.16. The van der Waals surface area contributed by atoms with Gasteiger partial charge in [-0.05, 0) is 42.3 Å². The van der Waals surface area contributed by atoms with Crippen molar-refractivity contribution in [2.45, 2.75) is 18.4 Å². The van der Waals surface area contributed by atoms with Gasteiger partial charge in [0.05, 0.1) is 5.69 Å². The monoisotopic (exact) mass is 312 g/mol. The van der Waals surface area contributed by atoms with Gasteiger partial charge < -0.3 is 5.73 Å². The van der Waals surface area contributed by atoms with Gasteiger partial charge in [-0.15, -0.1) is 0 Å². The Morgan fingerprint density at radius 3 is 2.52 bits per heavy atom. The van der Waals surface area contributed by atoms with Gasteiger partial charge in [-0.3, -0.25) is 4.72 Å². The van der Waals surface area contributed by atoms with Crippen molar-refractivity contribution in [2.75, 3.05) is 4.72 Å². The molecule has 2 aromatic rings. The van der Waals surface area contributed by atoms with E-state index in [-0.39, 0.29) is 12.2 Å². The minimum atomic E-state index is -4.16. The van der Waals surface area contributed by atoms with Gasteiger partial charge >= 0.3 is 0 Å². The molecule has 0 bridgehead atoms. The van der Waals surface area contributed by atoms with Crippen LogP contribution < -0.4 is 10.5 Å². The minimum Gasteiger partial charge on any atom is -0.326 e. The van der Waals surface area contributed by atoms with Crippen LogP contribution in [0.15, 0.2) is 41.3 Å². The fourth-order valence-corrected chi connectivity index (χ4v) is 3.04. The Labute approximate surface area is 121 Å². The maximum absolute atomic E-state index is 13.8. The van der Waals surface area contributed by atoms with Crippen LogP contribution in [0.5, 0.6) is 0 Å². The Hall–Kier alpha value is -1.99. The minimum absolute atomic E-state index is 0.0625.